The minimum atomic E-state index is -4.93. The molecule has 0 heterocycles. The third kappa shape index (κ3) is 8.98. The second kappa shape index (κ2) is 13.9. The maximum atomic E-state index is 13.4. The number of carbonyl (C=O) groups excluding carboxylic acids is 2. The second-order valence-electron chi connectivity index (χ2n) is 10.0. The minimum absolute atomic E-state index is 0.0771. The summed E-state index contributed by atoms with van der Waals surface area (Å²) >= 11 is 0. The molecule has 3 aromatic carbocycles. The lowest BCUT2D eigenvalue weighted by Gasteiger charge is -2.22. The van der Waals surface area contributed by atoms with Crippen LogP contribution >= 0.6 is 0 Å². The Labute approximate surface area is 240 Å². The first-order valence-corrected chi connectivity index (χ1v) is 13.6. The number of amides is 1. The van der Waals surface area contributed by atoms with Gasteiger partial charge in [-0.05, 0) is 72.4 Å². The first-order chi connectivity index (χ1) is 20.1. The van der Waals surface area contributed by atoms with Crippen molar-refractivity contribution < 1.29 is 42.1 Å². The summed E-state index contributed by atoms with van der Waals surface area (Å²) in [6, 6.07) is 17.0. The Morgan fingerprint density at radius 1 is 0.905 bits per heavy atom. The molecule has 1 amide bonds. The van der Waals surface area contributed by atoms with Gasteiger partial charge in [0.15, 0.2) is 6.04 Å². The van der Waals surface area contributed by atoms with E-state index in [0.717, 1.165) is 25.0 Å². The zero-order chi connectivity index (χ0) is 30.1. The number of esters is 1. The van der Waals surface area contributed by atoms with E-state index in [9.17, 15) is 27.6 Å². The first kappa shape index (κ1) is 30.4. The highest BCUT2D eigenvalue weighted by atomic mass is 19.4. The number of hydrogen-bond donors (Lipinski definition) is 3. The highest BCUT2D eigenvalue weighted by Crippen LogP contribution is 2.34. The molecule has 222 valence electrons. The summed E-state index contributed by atoms with van der Waals surface area (Å²) in [5, 5.41) is 14.2. The van der Waals surface area contributed by atoms with Crippen LogP contribution in [0.5, 0.6) is 11.5 Å². The van der Waals surface area contributed by atoms with E-state index >= 15 is 0 Å². The van der Waals surface area contributed by atoms with Gasteiger partial charge < -0.3 is 25.2 Å². The molecule has 1 saturated carbocycles. The van der Waals surface area contributed by atoms with Crippen LogP contribution in [0.1, 0.15) is 72.0 Å². The van der Waals surface area contributed by atoms with E-state index in [-0.39, 0.29) is 29.8 Å². The Morgan fingerprint density at radius 2 is 1.62 bits per heavy atom. The highest BCUT2D eigenvalue weighted by molar-refractivity contribution is 5.95. The predicted molar refractivity (Wildman–Crippen MR) is 148 cm³/mol. The number of anilines is 1. The molecule has 11 heteroatoms. The summed E-state index contributed by atoms with van der Waals surface area (Å²) in [7, 11) is 0. The molecule has 0 spiro atoms. The summed E-state index contributed by atoms with van der Waals surface area (Å²) in [5.74, 6) is -2.16. The van der Waals surface area contributed by atoms with E-state index < -0.39 is 36.0 Å². The van der Waals surface area contributed by atoms with Crippen molar-refractivity contribution in [1.29, 1.82) is 0 Å². The molecule has 0 saturated heterocycles. The molecule has 1 aliphatic carbocycles. The Balaban J connectivity index is 1.55. The van der Waals surface area contributed by atoms with E-state index in [2.05, 4.69) is 15.4 Å². The lowest BCUT2D eigenvalue weighted by molar-refractivity contribution is -0.274. The molecular formula is C31H31F3N2O6. The predicted octanol–water partition coefficient (Wildman–Crippen LogP) is 6.60. The van der Waals surface area contributed by atoms with Gasteiger partial charge in [-0.25, -0.2) is 4.79 Å². The summed E-state index contributed by atoms with van der Waals surface area (Å²) in [6.07, 6.45) is 0.623. The molecule has 0 radical (unpaired) electrons. The van der Waals surface area contributed by atoms with Crippen LogP contribution in [0.15, 0.2) is 72.8 Å². The number of carboxylic acid groups (broad SMARTS) is 1. The van der Waals surface area contributed by atoms with Gasteiger partial charge in [0.2, 0.25) is 0 Å². The van der Waals surface area contributed by atoms with Crippen molar-refractivity contribution in [3.05, 3.63) is 89.5 Å². The fourth-order valence-corrected chi connectivity index (χ4v) is 4.89. The number of carboxylic acids is 1. The maximum Gasteiger partial charge on any atom is 0.573 e. The smallest absolute Gasteiger partial charge is 0.481 e. The molecule has 1 fully saturated rings. The van der Waals surface area contributed by atoms with E-state index in [1.165, 1.54) is 49.1 Å². The van der Waals surface area contributed by atoms with Crippen molar-refractivity contribution >= 4 is 23.5 Å². The zero-order valence-corrected chi connectivity index (χ0v) is 22.7. The fourth-order valence-electron chi connectivity index (χ4n) is 4.89. The Hall–Kier alpha value is -4.54. The standard InChI is InChI=1S/C31H31F3N2O6/c32-31(33,34)42-26-11-5-8-22(19-26)28(36-24-10-4-9-23(18-24)29(39)35-17-16-27(37)38)30(40)41-25-14-12-21(13-15-25)20-6-2-1-3-7-20/h4-5,8-15,18-20,28,36H,1-3,6-7,16-17H2,(H,35,39)(H,37,38). The number of benzene rings is 3. The van der Waals surface area contributed by atoms with Gasteiger partial charge in [-0.1, -0.05) is 49.6 Å². The second-order valence-corrected chi connectivity index (χ2v) is 10.0. The average Bonchev–Trinajstić information content (AvgIpc) is 2.96. The molecule has 4 rings (SSSR count). The molecule has 0 aromatic heterocycles. The van der Waals surface area contributed by atoms with Gasteiger partial charge >= 0.3 is 18.3 Å². The minimum Gasteiger partial charge on any atom is -0.481 e. The lowest BCUT2D eigenvalue weighted by atomic mass is 9.84. The molecule has 0 aliphatic heterocycles. The highest BCUT2D eigenvalue weighted by Gasteiger charge is 2.32. The van der Waals surface area contributed by atoms with Crippen molar-refractivity contribution in [2.75, 3.05) is 11.9 Å². The van der Waals surface area contributed by atoms with Crippen LogP contribution in [0.2, 0.25) is 0 Å². The fraction of sp³-hybridized carbons (Fsp3) is 0.323. The third-order valence-corrected chi connectivity index (χ3v) is 6.90. The number of alkyl halides is 3. The maximum absolute atomic E-state index is 13.4. The quantitative estimate of drug-likeness (QED) is 0.172. The first-order valence-electron chi connectivity index (χ1n) is 13.6. The van der Waals surface area contributed by atoms with E-state index in [1.54, 1.807) is 24.3 Å². The number of ether oxygens (including phenoxy) is 2. The molecule has 42 heavy (non-hydrogen) atoms. The van der Waals surface area contributed by atoms with Crippen molar-refractivity contribution in [3.8, 4) is 11.5 Å². The summed E-state index contributed by atoms with van der Waals surface area (Å²) < 4.78 is 48.3. The number of rotatable bonds is 11. The monoisotopic (exact) mass is 584 g/mol. The van der Waals surface area contributed by atoms with Gasteiger partial charge in [0.25, 0.3) is 5.91 Å². The van der Waals surface area contributed by atoms with Crippen LogP contribution < -0.4 is 20.1 Å². The number of aliphatic carboxylic acids is 1. The van der Waals surface area contributed by atoms with E-state index in [1.807, 2.05) is 12.1 Å². The third-order valence-electron chi connectivity index (χ3n) is 6.90. The molecular weight excluding hydrogens is 553 g/mol. The van der Waals surface area contributed by atoms with Crippen LogP contribution in [0.4, 0.5) is 18.9 Å². The Kier molecular flexibility index (Phi) is 10.1. The van der Waals surface area contributed by atoms with Crippen LogP contribution in [-0.4, -0.2) is 35.9 Å². The number of halogens is 3. The molecule has 1 unspecified atom stereocenters. The zero-order valence-electron chi connectivity index (χ0n) is 22.7. The van der Waals surface area contributed by atoms with Gasteiger partial charge in [0.05, 0.1) is 6.42 Å². The summed E-state index contributed by atoms with van der Waals surface area (Å²) in [5.41, 5.74) is 1.79. The number of carbonyl (C=O) groups is 3. The summed E-state index contributed by atoms with van der Waals surface area (Å²) in [4.78, 5) is 36.7. The molecule has 3 aromatic rings. The molecule has 8 nitrogen and oxygen atoms in total. The van der Waals surface area contributed by atoms with Crippen LogP contribution in [0.25, 0.3) is 0 Å². The Bertz CT molecular complexity index is 1390. The normalized spacial score (nSPS) is 14.5. The number of hydrogen-bond acceptors (Lipinski definition) is 6. The molecule has 0 bridgehead atoms. The van der Waals surface area contributed by atoms with Crippen molar-refractivity contribution in [2.45, 2.75) is 56.8 Å². The lowest BCUT2D eigenvalue weighted by Crippen LogP contribution is -2.27. The van der Waals surface area contributed by atoms with Crippen molar-refractivity contribution in [2.24, 2.45) is 0 Å². The SMILES string of the molecule is O=C(O)CCNC(=O)c1cccc(NC(C(=O)Oc2ccc(C3CCCCC3)cc2)c2cccc(OC(F)(F)F)c2)c1. The Morgan fingerprint density at radius 3 is 2.31 bits per heavy atom. The van der Waals surface area contributed by atoms with Crippen LogP contribution in [0, 0.1) is 0 Å². The van der Waals surface area contributed by atoms with Gasteiger partial charge in [-0.3, -0.25) is 9.59 Å². The van der Waals surface area contributed by atoms with E-state index in [0.29, 0.717) is 11.6 Å². The van der Waals surface area contributed by atoms with Crippen molar-refractivity contribution in [1.82, 2.24) is 5.32 Å². The van der Waals surface area contributed by atoms with Crippen LogP contribution in [0.3, 0.4) is 0 Å². The molecule has 1 atom stereocenters. The van der Waals surface area contributed by atoms with Gasteiger partial charge in [-0.15, -0.1) is 13.2 Å². The van der Waals surface area contributed by atoms with Crippen molar-refractivity contribution in [3.63, 3.8) is 0 Å². The topological polar surface area (TPSA) is 114 Å². The van der Waals surface area contributed by atoms with Gasteiger partial charge in [0.1, 0.15) is 11.5 Å². The van der Waals surface area contributed by atoms with Crippen LogP contribution in [-0.2, 0) is 9.59 Å². The average molecular weight is 585 g/mol. The molecule has 3 N–H and O–H groups in total. The van der Waals surface area contributed by atoms with Gasteiger partial charge in [0, 0.05) is 17.8 Å². The summed E-state index contributed by atoms with van der Waals surface area (Å²) in [6.45, 7) is -0.0771. The largest absolute Gasteiger partial charge is 0.573 e. The molecule has 1 aliphatic rings. The van der Waals surface area contributed by atoms with Gasteiger partial charge in [-0.2, -0.15) is 0 Å². The number of nitrogens with one attached hydrogen (secondary N) is 2. The van der Waals surface area contributed by atoms with E-state index in [4.69, 9.17) is 9.84 Å².